The number of carboxylic acids is 1. The maximum absolute atomic E-state index is 11.1. The Bertz CT molecular complexity index is 577. The highest BCUT2D eigenvalue weighted by Gasteiger charge is 2.15. The average Bonchev–Trinajstić information content (AvgIpc) is 2.54. The SMILES string of the molecule is CC(CCC(CC(=O)O)Cc1ccccc1)Cc1ccccc1. The second kappa shape index (κ2) is 9.14. The summed E-state index contributed by atoms with van der Waals surface area (Å²) in [5, 5.41) is 9.16. The molecule has 2 heteroatoms. The van der Waals surface area contributed by atoms with Gasteiger partial charge in [0.15, 0.2) is 0 Å². The van der Waals surface area contributed by atoms with Crippen molar-refractivity contribution in [2.45, 2.75) is 39.0 Å². The smallest absolute Gasteiger partial charge is 0.303 e. The van der Waals surface area contributed by atoms with Gasteiger partial charge in [0.25, 0.3) is 0 Å². The van der Waals surface area contributed by atoms with Crippen molar-refractivity contribution in [1.82, 2.24) is 0 Å². The molecule has 0 radical (unpaired) electrons. The lowest BCUT2D eigenvalue weighted by atomic mass is 9.87. The summed E-state index contributed by atoms with van der Waals surface area (Å²) in [6.07, 6.45) is 4.21. The van der Waals surface area contributed by atoms with Crippen molar-refractivity contribution in [3.63, 3.8) is 0 Å². The van der Waals surface area contributed by atoms with E-state index in [1.165, 1.54) is 11.1 Å². The third-order valence-electron chi connectivity index (χ3n) is 4.33. The van der Waals surface area contributed by atoms with Crippen LogP contribution in [-0.4, -0.2) is 11.1 Å². The summed E-state index contributed by atoms with van der Waals surface area (Å²) in [7, 11) is 0. The Morgan fingerprint density at radius 3 is 1.91 bits per heavy atom. The van der Waals surface area contributed by atoms with Crippen molar-refractivity contribution in [3.8, 4) is 0 Å². The van der Waals surface area contributed by atoms with E-state index in [-0.39, 0.29) is 12.3 Å². The van der Waals surface area contributed by atoms with Crippen molar-refractivity contribution < 1.29 is 9.90 Å². The van der Waals surface area contributed by atoms with Gasteiger partial charge in [0.05, 0.1) is 0 Å². The Kier molecular flexibility index (Phi) is 6.86. The van der Waals surface area contributed by atoms with Crippen molar-refractivity contribution >= 4 is 5.97 Å². The number of benzene rings is 2. The molecule has 0 amide bonds. The zero-order valence-electron chi connectivity index (χ0n) is 13.8. The van der Waals surface area contributed by atoms with Gasteiger partial charge in [-0.25, -0.2) is 0 Å². The topological polar surface area (TPSA) is 37.3 Å². The molecule has 2 unspecified atom stereocenters. The molecule has 0 bridgehead atoms. The van der Waals surface area contributed by atoms with Crippen LogP contribution in [0.25, 0.3) is 0 Å². The first kappa shape index (κ1) is 17.3. The summed E-state index contributed by atoms with van der Waals surface area (Å²) < 4.78 is 0. The molecule has 0 aromatic heterocycles. The summed E-state index contributed by atoms with van der Waals surface area (Å²) in [6, 6.07) is 20.7. The van der Waals surface area contributed by atoms with Gasteiger partial charge < -0.3 is 5.11 Å². The van der Waals surface area contributed by atoms with Crippen LogP contribution in [0.1, 0.15) is 37.3 Å². The minimum Gasteiger partial charge on any atom is -0.481 e. The number of hydrogen-bond acceptors (Lipinski definition) is 1. The molecule has 0 fully saturated rings. The van der Waals surface area contributed by atoms with Crippen LogP contribution in [0.2, 0.25) is 0 Å². The lowest BCUT2D eigenvalue weighted by Gasteiger charge is -2.18. The number of carbonyl (C=O) groups is 1. The zero-order chi connectivity index (χ0) is 16.5. The molecule has 2 atom stereocenters. The molecule has 2 nitrogen and oxygen atoms in total. The molecule has 0 aliphatic rings. The van der Waals surface area contributed by atoms with E-state index in [0.29, 0.717) is 5.92 Å². The van der Waals surface area contributed by atoms with E-state index in [0.717, 1.165) is 25.7 Å². The van der Waals surface area contributed by atoms with E-state index in [1.54, 1.807) is 0 Å². The monoisotopic (exact) mass is 310 g/mol. The van der Waals surface area contributed by atoms with E-state index in [9.17, 15) is 4.79 Å². The molecule has 2 rings (SSSR count). The molecule has 0 saturated heterocycles. The van der Waals surface area contributed by atoms with Crippen LogP contribution in [0.4, 0.5) is 0 Å². The van der Waals surface area contributed by atoms with Gasteiger partial charge in [-0.15, -0.1) is 0 Å². The van der Waals surface area contributed by atoms with E-state index in [2.05, 4.69) is 43.3 Å². The van der Waals surface area contributed by atoms with E-state index in [4.69, 9.17) is 5.11 Å². The third kappa shape index (κ3) is 6.68. The Morgan fingerprint density at radius 1 is 0.870 bits per heavy atom. The van der Waals surface area contributed by atoms with Gasteiger partial charge in [-0.3, -0.25) is 4.79 Å². The lowest BCUT2D eigenvalue weighted by Crippen LogP contribution is -2.13. The van der Waals surface area contributed by atoms with Crippen LogP contribution < -0.4 is 0 Å². The van der Waals surface area contributed by atoms with Gasteiger partial charge >= 0.3 is 5.97 Å². The van der Waals surface area contributed by atoms with Gasteiger partial charge in [-0.05, 0) is 42.2 Å². The van der Waals surface area contributed by atoms with Crippen LogP contribution in [0.5, 0.6) is 0 Å². The zero-order valence-corrected chi connectivity index (χ0v) is 13.8. The molecule has 0 aliphatic heterocycles. The van der Waals surface area contributed by atoms with Crippen LogP contribution in [-0.2, 0) is 17.6 Å². The quantitative estimate of drug-likeness (QED) is 0.709. The fourth-order valence-corrected chi connectivity index (χ4v) is 3.11. The van der Waals surface area contributed by atoms with E-state index >= 15 is 0 Å². The second-order valence-electron chi connectivity index (χ2n) is 6.53. The molecule has 0 aliphatic carbocycles. The summed E-state index contributed by atoms with van der Waals surface area (Å²) in [5.74, 6) is 0.0965. The molecular weight excluding hydrogens is 284 g/mol. The predicted octanol–water partition coefficient (Wildman–Crippen LogP) is 4.98. The van der Waals surface area contributed by atoms with Crippen molar-refractivity contribution in [2.75, 3.05) is 0 Å². The van der Waals surface area contributed by atoms with Crippen LogP contribution in [0.3, 0.4) is 0 Å². The van der Waals surface area contributed by atoms with Gasteiger partial charge in [0, 0.05) is 6.42 Å². The number of aliphatic carboxylic acids is 1. The molecule has 1 N–H and O–H groups in total. The first-order chi connectivity index (χ1) is 11.1. The maximum Gasteiger partial charge on any atom is 0.303 e. The van der Waals surface area contributed by atoms with Crippen molar-refractivity contribution in [2.24, 2.45) is 11.8 Å². The standard InChI is InChI=1S/C21H26O2/c1-17(14-18-8-4-2-5-9-18)12-13-20(16-21(22)23)15-19-10-6-3-7-11-19/h2-11,17,20H,12-16H2,1H3,(H,22,23). The molecule has 2 aromatic carbocycles. The fourth-order valence-electron chi connectivity index (χ4n) is 3.11. The minimum absolute atomic E-state index is 0.216. The highest BCUT2D eigenvalue weighted by molar-refractivity contribution is 5.67. The molecular formula is C21H26O2. The first-order valence-corrected chi connectivity index (χ1v) is 8.43. The number of hydrogen-bond donors (Lipinski definition) is 1. The van der Waals surface area contributed by atoms with Gasteiger partial charge in [-0.2, -0.15) is 0 Å². The van der Waals surface area contributed by atoms with Crippen LogP contribution in [0.15, 0.2) is 60.7 Å². The Labute approximate surface area is 139 Å². The Balaban J connectivity index is 1.86. The largest absolute Gasteiger partial charge is 0.481 e. The summed E-state index contributed by atoms with van der Waals surface area (Å²) in [4.78, 5) is 11.1. The molecule has 0 heterocycles. The van der Waals surface area contributed by atoms with E-state index < -0.39 is 5.97 Å². The van der Waals surface area contributed by atoms with Crippen LogP contribution in [0, 0.1) is 11.8 Å². The summed E-state index contributed by atoms with van der Waals surface area (Å²) in [5.41, 5.74) is 2.59. The second-order valence-corrected chi connectivity index (χ2v) is 6.53. The first-order valence-electron chi connectivity index (χ1n) is 8.43. The fraction of sp³-hybridized carbons (Fsp3) is 0.381. The van der Waals surface area contributed by atoms with Crippen LogP contribution >= 0.6 is 0 Å². The highest BCUT2D eigenvalue weighted by Crippen LogP contribution is 2.22. The average molecular weight is 310 g/mol. The number of carboxylic acid groups (broad SMARTS) is 1. The van der Waals surface area contributed by atoms with Crippen molar-refractivity contribution in [3.05, 3.63) is 71.8 Å². The molecule has 23 heavy (non-hydrogen) atoms. The normalized spacial score (nSPS) is 13.4. The Hall–Kier alpha value is -2.09. The van der Waals surface area contributed by atoms with Gasteiger partial charge in [0.2, 0.25) is 0 Å². The summed E-state index contributed by atoms with van der Waals surface area (Å²) >= 11 is 0. The Morgan fingerprint density at radius 2 is 1.39 bits per heavy atom. The lowest BCUT2D eigenvalue weighted by molar-refractivity contribution is -0.138. The van der Waals surface area contributed by atoms with Gasteiger partial charge in [-0.1, -0.05) is 74.0 Å². The van der Waals surface area contributed by atoms with Crippen molar-refractivity contribution in [1.29, 1.82) is 0 Å². The third-order valence-corrected chi connectivity index (χ3v) is 4.33. The molecule has 2 aromatic rings. The van der Waals surface area contributed by atoms with Gasteiger partial charge in [0.1, 0.15) is 0 Å². The minimum atomic E-state index is -0.693. The molecule has 0 saturated carbocycles. The molecule has 0 spiro atoms. The van der Waals surface area contributed by atoms with E-state index in [1.807, 2.05) is 24.3 Å². The predicted molar refractivity (Wildman–Crippen MR) is 94.4 cm³/mol. The summed E-state index contributed by atoms with van der Waals surface area (Å²) in [6.45, 7) is 2.26. The maximum atomic E-state index is 11.1. The number of rotatable bonds is 9. The molecule has 122 valence electrons. The highest BCUT2D eigenvalue weighted by atomic mass is 16.4.